The maximum Gasteiger partial charge on any atom is 0.335 e. The Morgan fingerprint density at radius 1 is 0.853 bits per heavy atom. The molecule has 0 aliphatic carbocycles. The maximum absolute atomic E-state index is 13.7. The Morgan fingerprint density at radius 3 is 2.03 bits per heavy atom. The number of carbonyl (C=O) groups is 2. The molecule has 0 aromatic heterocycles. The fraction of sp³-hybridized carbons (Fsp3) is 0.286. The van der Waals surface area contributed by atoms with E-state index in [2.05, 4.69) is 80.2 Å². The second kappa shape index (κ2) is 8.70. The van der Waals surface area contributed by atoms with Crippen molar-refractivity contribution in [2.45, 2.75) is 44.8 Å². The quantitative estimate of drug-likeness (QED) is 0.518. The van der Waals surface area contributed by atoms with E-state index in [1.54, 1.807) is 24.3 Å². The molecule has 2 aliphatic heterocycles. The van der Waals surface area contributed by atoms with Crippen LogP contribution in [0.25, 0.3) is 0 Å². The van der Waals surface area contributed by atoms with E-state index in [0.29, 0.717) is 11.6 Å². The standard InChI is InChI=1S/C28H29N3O3/c1-16(2)18-8-10-20(11-9-18)26-23-24(19-6-4-17(3)5-7-19)29-30-25(23)27(32)31(26)22-14-12-21(13-15-22)28(33)34/h4-16,23-26,29-30H,1-3H3,(H,33,34). The molecule has 2 fully saturated rings. The first-order chi connectivity index (χ1) is 16.3. The summed E-state index contributed by atoms with van der Waals surface area (Å²) in [5, 5.41) is 9.31. The highest BCUT2D eigenvalue weighted by atomic mass is 16.4. The molecule has 4 atom stereocenters. The van der Waals surface area contributed by atoms with Gasteiger partial charge in [0.25, 0.3) is 0 Å². The molecule has 4 unspecified atom stereocenters. The van der Waals surface area contributed by atoms with Gasteiger partial charge in [0.05, 0.1) is 17.6 Å². The average Bonchev–Trinajstić information content (AvgIpc) is 3.38. The van der Waals surface area contributed by atoms with Gasteiger partial charge in [-0.25, -0.2) is 15.6 Å². The van der Waals surface area contributed by atoms with Crippen LogP contribution in [0.3, 0.4) is 0 Å². The van der Waals surface area contributed by atoms with Gasteiger partial charge in [-0.1, -0.05) is 67.9 Å². The Hall–Kier alpha value is -3.48. The van der Waals surface area contributed by atoms with E-state index in [9.17, 15) is 14.7 Å². The molecule has 2 saturated heterocycles. The van der Waals surface area contributed by atoms with Crippen molar-refractivity contribution >= 4 is 17.6 Å². The van der Waals surface area contributed by atoms with Gasteiger partial charge in [0.2, 0.25) is 5.91 Å². The number of nitrogens with one attached hydrogen (secondary N) is 2. The monoisotopic (exact) mass is 455 g/mol. The third-order valence-corrected chi connectivity index (χ3v) is 7.08. The van der Waals surface area contributed by atoms with Crippen molar-refractivity contribution in [1.29, 1.82) is 0 Å². The molecule has 3 aromatic carbocycles. The highest BCUT2D eigenvalue weighted by molar-refractivity contribution is 6.01. The third-order valence-electron chi connectivity index (χ3n) is 7.08. The predicted molar refractivity (Wildman–Crippen MR) is 132 cm³/mol. The number of carboxylic acid groups (broad SMARTS) is 1. The molecule has 34 heavy (non-hydrogen) atoms. The summed E-state index contributed by atoms with van der Waals surface area (Å²) in [6.07, 6.45) is 0. The Balaban J connectivity index is 1.60. The fourth-order valence-corrected chi connectivity index (χ4v) is 5.20. The van der Waals surface area contributed by atoms with Gasteiger partial charge in [-0.2, -0.15) is 0 Å². The van der Waals surface area contributed by atoms with Crippen molar-refractivity contribution in [3.8, 4) is 0 Å². The SMILES string of the molecule is Cc1ccc(C2NNC3C(=O)N(c4ccc(C(=O)O)cc4)C(c4ccc(C(C)C)cc4)C32)cc1. The van der Waals surface area contributed by atoms with Gasteiger partial charge in [0.15, 0.2) is 0 Å². The van der Waals surface area contributed by atoms with E-state index in [1.165, 1.54) is 11.1 Å². The zero-order valence-electron chi connectivity index (χ0n) is 19.5. The summed E-state index contributed by atoms with van der Waals surface area (Å²) in [5.74, 6) is -0.628. The van der Waals surface area contributed by atoms with Crippen LogP contribution in [-0.4, -0.2) is 23.0 Å². The van der Waals surface area contributed by atoms with Crippen LogP contribution in [-0.2, 0) is 4.79 Å². The van der Waals surface area contributed by atoms with Gasteiger partial charge in [-0.15, -0.1) is 0 Å². The zero-order valence-corrected chi connectivity index (χ0v) is 19.5. The van der Waals surface area contributed by atoms with Crippen LogP contribution in [0.2, 0.25) is 0 Å². The fourth-order valence-electron chi connectivity index (χ4n) is 5.20. The van der Waals surface area contributed by atoms with Crippen molar-refractivity contribution in [1.82, 2.24) is 10.9 Å². The van der Waals surface area contributed by atoms with Gasteiger partial charge in [-0.3, -0.25) is 4.79 Å². The van der Waals surface area contributed by atoms with Crippen molar-refractivity contribution in [2.75, 3.05) is 4.90 Å². The average molecular weight is 456 g/mol. The minimum atomic E-state index is -0.984. The molecule has 0 radical (unpaired) electrons. The molecule has 0 spiro atoms. The first kappa shape index (κ1) is 22.3. The summed E-state index contributed by atoms with van der Waals surface area (Å²) in [6, 6.07) is 22.9. The van der Waals surface area contributed by atoms with Crippen molar-refractivity contribution in [3.63, 3.8) is 0 Å². The molecule has 6 heteroatoms. The van der Waals surface area contributed by atoms with E-state index in [0.717, 1.165) is 11.1 Å². The van der Waals surface area contributed by atoms with E-state index in [1.807, 2.05) is 4.90 Å². The number of rotatable bonds is 5. The highest BCUT2D eigenvalue weighted by Crippen LogP contribution is 2.49. The molecule has 3 aromatic rings. The summed E-state index contributed by atoms with van der Waals surface area (Å²) >= 11 is 0. The summed E-state index contributed by atoms with van der Waals surface area (Å²) in [6.45, 7) is 6.39. The number of anilines is 1. The van der Waals surface area contributed by atoms with Crippen LogP contribution in [0, 0.1) is 12.8 Å². The Kier molecular flexibility index (Phi) is 5.71. The molecule has 0 bridgehead atoms. The van der Waals surface area contributed by atoms with Gasteiger partial charge in [0.1, 0.15) is 6.04 Å². The lowest BCUT2D eigenvalue weighted by Crippen LogP contribution is -2.41. The molecule has 2 heterocycles. The number of aryl methyl sites for hydroxylation is 1. The minimum absolute atomic E-state index is 0.0203. The smallest absolute Gasteiger partial charge is 0.335 e. The largest absolute Gasteiger partial charge is 0.478 e. The first-order valence-electron chi connectivity index (χ1n) is 11.7. The topological polar surface area (TPSA) is 81.7 Å². The van der Waals surface area contributed by atoms with Gasteiger partial charge < -0.3 is 10.0 Å². The van der Waals surface area contributed by atoms with Gasteiger partial charge in [0, 0.05) is 11.6 Å². The molecule has 1 amide bonds. The molecule has 174 valence electrons. The Labute approximate surface area is 199 Å². The van der Waals surface area contributed by atoms with E-state index < -0.39 is 5.97 Å². The summed E-state index contributed by atoms with van der Waals surface area (Å²) in [5.41, 5.74) is 12.2. The number of benzene rings is 3. The van der Waals surface area contributed by atoms with Crippen LogP contribution in [0.5, 0.6) is 0 Å². The number of amides is 1. The summed E-state index contributed by atoms with van der Waals surface area (Å²) in [4.78, 5) is 26.9. The number of carboxylic acids is 1. The lowest BCUT2D eigenvalue weighted by atomic mass is 9.83. The number of hydrazine groups is 1. The molecule has 3 N–H and O–H groups in total. The Bertz CT molecular complexity index is 1200. The first-order valence-corrected chi connectivity index (χ1v) is 11.7. The van der Waals surface area contributed by atoms with Gasteiger partial charge in [-0.05, 0) is 53.8 Å². The molecule has 2 aliphatic rings. The number of fused-ring (bicyclic) bond motifs is 1. The molecule has 6 nitrogen and oxygen atoms in total. The van der Waals surface area contributed by atoms with Crippen LogP contribution in [0.4, 0.5) is 5.69 Å². The normalized spacial score (nSPS) is 24.0. The van der Waals surface area contributed by atoms with Crippen LogP contribution in [0.15, 0.2) is 72.8 Å². The third kappa shape index (κ3) is 3.79. The van der Waals surface area contributed by atoms with Crippen LogP contribution in [0.1, 0.15) is 64.5 Å². The number of carbonyl (C=O) groups excluding carboxylic acids is 1. The Morgan fingerprint density at radius 2 is 1.44 bits per heavy atom. The van der Waals surface area contributed by atoms with Crippen molar-refractivity contribution < 1.29 is 14.7 Å². The number of hydrogen-bond acceptors (Lipinski definition) is 4. The molecular weight excluding hydrogens is 426 g/mol. The predicted octanol–water partition coefficient (Wildman–Crippen LogP) is 4.74. The molecular formula is C28H29N3O3. The number of aromatic carboxylic acids is 1. The molecule has 5 rings (SSSR count). The summed E-state index contributed by atoms with van der Waals surface area (Å²) < 4.78 is 0. The zero-order chi connectivity index (χ0) is 24.0. The van der Waals surface area contributed by atoms with Gasteiger partial charge >= 0.3 is 5.97 Å². The number of hydrogen-bond donors (Lipinski definition) is 3. The highest BCUT2D eigenvalue weighted by Gasteiger charge is 2.55. The van der Waals surface area contributed by atoms with Crippen LogP contribution < -0.4 is 15.8 Å². The molecule has 0 saturated carbocycles. The maximum atomic E-state index is 13.7. The lowest BCUT2D eigenvalue weighted by molar-refractivity contribution is -0.119. The number of nitrogens with zero attached hydrogens (tertiary/aromatic N) is 1. The van der Waals surface area contributed by atoms with Crippen molar-refractivity contribution in [2.24, 2.45) is 5.92 Å². The lowest BCUT2D eigenvalue weighted by Gasteiger charge is -2.31. The van der Waals surface area contributed by atoms with Crippen LogP contribution >= 0.6 is 0 Å². The second-order valence-electron chi connectivity index (χ2n) is 9.56. The van der Waals surface area contributed by atoms with E-state index in [-0.39, 0.29) is 35.5 Å². The van der Waals surface area contributed by atoms with E-state index >= 15 is 0 Å². The van der Waals surface area contributed by atoms with E-state index in [4.69, 9.17) is 0 Å². The minimum Gasteiger partial charge on any atom is -0.478 e. The second-order valence-corrected chi connectivity index (χ2v) is 9.56. The van der Waals surface area contributed by atoms with Crippen molar-refractivity contribution in [3.05, 3.63) is 101 Å². The summed E-state index contributed by atoms with van der Waals surface area (Å²) in [7, 11) is 0.